The molecule has 10 heteroatoms. The third-order valence-electron chi connectivity index (χ3n) is 5.36. The average Bonchev–Trinajstić information content (AvgIpc) is 3.20. The molecule has 6 nitrogen and oxygen atoms in total. The monoisotopic (exact) mass is 424 g/mol. The first kappa shape index (κ1) is 20.4. The maximum absolute atomic E-state index is 12.9. The molecule has 0 bridgehead atoms. The van der Waals surface area contributed by atoms with Crippen molar-refractivity contribution in [2.24, 2.45) is 5.92 Å². The van der Waals surface area contributed by atoms with Gasteiger partial charge in [-0.1, -0.05) is 5.16 Å². The van der Waals surface area contributed by atoms with Gasteiger partial charge in [0.25, 0.3) is 0 Å². The third kappa shape index (κ3) is 4.03. The number of carbonyl (C=O) groups is 1. The molecule has 4 rings (SSSR count). The molecule has 0 radical (unpaired) electrons. The van der Waals surface area contributed by atoms with Gasteiger partial charge in [-0.3, -0.25) is 4.79 Å². The molecule has 1 fully saturated rings. The van der Waals surface area contributed by atoms with Crippen molar-refractivity contribution < 1.29 is 26.9 Å². The van der Waals surface area contributed by atoms with E-state index in [0.29, 0.717) is 35.3 Å². The van der Waals surface area contributed by atoms with Gasteiger partial charge in [0, 0.05) is 18.2 Å². The van der Waals surface area contributed by atoms with Crippen molar-refractivity contribution >= 4 is 22.8 Å². The Labute approximate surface area is 169 Å². The highest BCUT2D eigenvalue weighted by molar-refractivity contribution is 5.92. The molecule has 0 atom stereocenters. The van der Waals surface area contributed by atoms with Gasteiger partial charge in [0.1, 0.15) is 12.0 Å². The van der Waals surface area contributed by atoms with Crippen molar-refractivity contribution in [2.45, 2.75) is 52.0 Å². The molecule has 0 aromatic carbocycles. The fourth-order valence-corrected chi connectivity index (χ4v) is 3.68. The molecule has 0 unspecified atom stereocenters. The summed E-state index contributed by atoms with van der Waals surface area (Å²) in [6.07, 6.45) is -4.28. The van der Waals surface area contributed by atoms with E-state index in [1.54, 1.807) is 24.5 Å². The normalized spacial score (nSPS) is 19.1. The largest absolute Gasteiger partial charge is 0.436 e. The maximum Gasteiger partial charge on any atom is 0.436 e. The lowest BCUT2D eigenvalue weighted by Gasteiger charge is -2.28. The Balaban J connectivity index is 1.54. The minimum Gasteiger partial charge on any atom is -0.359 e. The van der Waals surface area contributed by atoms with Crippen molar-refractivity contribution in [3.63, 3.8) is 0 Å². The summed E-state index contributed by atoms with van der Waals surface area (Å²) in [5.74, 6) is 0.347. The van der Waals surface area contributed by atoms with Crippen LogP contribution < -0.4 is 5.32 Å². The number of aromatic nitrogens is 3. The summed E-state index contributed by atoms with van der Waals surface area (Å²) in [4.78, 5) is 16.7. The highest BCUT2D eigenvalue weighted by atomic mass is 19.4. The Kier molecular flexibility index (Phi) is 5.03. The Morgan fingerprint density at radius 1 is 1.27 bits per heavy atom. The number of halogens is 4. The van der Waals surface area contributed by atoms with Gasteiger partial charge >= 0.3 is 6.18 Å². The van der Waals surface area contributed by atoms with Gasteiger partial charge in [0.15, 0.2) is 11.5 Å². The van der Waals surface area contributed by atoms with Gasteiger partial charge in [0.05, 0.1) is 17.6 Å². The van der Waals surface area contributed by atoms with E-state index in [1.165, 1.54) is 0 Å². The summed E-state index contributed by atoms with van der Waals surface area (Å²) in [6.45, 7) is 3.66. The second kappa shape index (κ2) is 7.41. The fraction of sp³-hybridized carbons (Fsp3) is 0.450. The van der Waals surface area contributed by atoms with Gasteiger partial charge in [-0.25, -0.2) is 9.37 Å². The summed E-state index contributed by atoms with van der Waals surface area (Å²) in [7, 11) is 0. The molecule has 3 aromatic rings. The van der Waals surface area contributed by atoms with Crippen molar-refractivity contribution in [1.29, 1.82) is 0 Å². The Morgan fingerprint density at radius 3 is 2.63 bits per heavy atom. The second-order valence-corrected chi connectivity index (χ2v) is 7.79. The van der Waals surface area contributed by atoms with Crippen LogP contribution in [0.5, 0.6) is 0 Å². The van der Waals surface area contributed by atoms with Gasteiger partial charge in [-0.05, 0) is 50.3 Å². The molecule has 160 valence electrons. The zero-order valence-electron chi connectivity index (χ0n) is 16.4. The lowest BCUT2D eigenvalue weighted by Crippen LogP contribution is -2.29. The molecule has 3 aromatic heterocycles. The average molecular weight is 424 g/mol. The number of anilines is 1. The standard InChI is InChI=1S/C20H20F4N4O2/c1-10-3-16-15(25-19(10)26-18(29)7-12-5-13(21)6-12)4-11(2)28(16)9-14-8-17(27-30-14)20(22,23)24/h3-4,8,12-13H,5-7,9H2,1-2H3,(H,25,26,29). The smallest absolute Gasteiger partial charge is 0.359 e. The van der Waals surface area contributed by atoms with E-state index >= 15 is 0 Å². The quantitative estimate of drug-likeness (QED) is 0.598. The van der Waals surface area contributed by atoms with Gasteiger partial charge in [0.2, 0.25) is 5.91 Å². The van der Waals surface area contributed by atoms with Crippen LogP contribution in [0.1, 0.15) is 42.0 Å². The van der Waals surface area contributed by atoms with Crippen LogP contribution >= 0.6 is 0 Å². The lowest BCUT2D eigenvalue weighted by molar-refractivity contribution is -0.142. The predicted octanol–water partition coefficient (Wildman–Crippen LogP) is 4.78. The molecule has 1 N–H and O–H groups in total. The molecule has 1 aliphatic rings. The summed E-state index contributed by atoms with van der Waals surface area (Å²) >= 11 is 0. The number of nitrogens with one attached hydrogen (secondary N) is 1. The highest BCUT2D eigenvalue weighted by Gasteiger charge is 2.35. The number of pyridine rings is 1. The van der Waals surface area contributed by atoms with Crippen LogP contribution in [0, 0.1) is 19.8 Å². The summed E-state index contributed by atoms with van der Waals surface area (Å²) in [6, 6.07) is 4.47. The number of carbonyl (C=O) groups excluding carboxylic acids is 1. The van der Waals surface area contributed by atoms with Crippen molar-refractivity contribution in [3.05, 3.63) is 40.9 Å². The topological polar surface area (TPSA) is 73.0 Å². The molecule has 30 heavy (non-hydrogen) atoms. The van der Waals surface area contributed by atoms with E-state index in [2.05, 4.69) is 15.5 Å². The first-order valence-electron chi connectivity index (χ1n) is 9.54. The SMILES string of the molecule is Cc1cc2c(cc(C)n2Cc2cc(C(F)(F)F)no2)nc1NC(=O)CC1CC(F)C1. The Bertz CT molecular complexity index is 1100. The zero-order chi connectivity index (χ0) is 21.6. The number of fused-ring (bicyclic) bond motifs is 1. The Hall–Kier alpha value is -2.91. The summed E-state index contributed by atoms with van der Waals surface area (Å²) in [5.41, 5.74) is 1.70. The molecule has 1 aliphatic carbocycles. The Morgan fingerprint density at radius 2 is 2.00 bits per heavy atom. The number of nitrogens with zero attached hydrogens (tertiary/aromatic N) is 3. The predicted molar refractivity (Wildman–Crippen MR) is 101 cm³/mol. The van der Waals surface area contributed by atoms with E-state index in [0.717, 1.165) is 11.8 Å². The number of alkyl halides is 4. The zero-order valence-corrected chi connectivity index (χ0v) is 16.4. The molecule has 1 saturated carbocycles. The van der Waals surface area contributed by atoms with Crippen molar-refractivity contribution in [2.75, 3.05) is 5.32 Å². The van der Waals surface area contributed by atoms with Crippen LogP contribution in [-0.2, 0) is 17.5 Å². The maximum atomic E-state index is 12.9. The first-order chi connectivity index (χ1) is 14.1. The molecule has 1 amide bonds. The minimum absolute atomic E-state index is 0.0656. The molecule has 0 spiro atoms. The summed E-state index contributed by atoms with van der Waals surface area (Å²) in [5, 5.41) is 5.86. The van der Waals surface area contributed by atoms with Gasteiger partial charge in [-0.15, -0.1) is 0 Å². The van der Waals surface area contributed by atoms with Crippen molar-refractivity contribution in [1.82, 2.24) is 14.7 Å². The molecule has 3 heterocycles. The molecular weight excluding hydrogens is 404 g/mol. The minimum atomic E-state index is -4.56. The van der Waals surface area contributed by atoms with E-state index in [1.807, 2.05) is 6.07 Å². The number of rotatable bonds is 5. The van der Waals surface area contributed by atoms with Crippen LogP contribution in [0.25, 0.3) is 11.0 Å². The fourth-order valence-electron chi connectivity index (χ4n) is 3.68. The molecule has 0 saturated heterocycles. The first-order valence-corrected chi connectivity index (χ1v) is 9.54. The van der Waals surface area contributed by atoms with Crippen LogP contribution in [-0.4, -0.2) is 26.8 Å². The molecular formula is C20H20F4N4O2. The number of aryl methyl sites for hydroxylation is 2. The van der Waals surface area contributed by atoms with Crippen LogP contribution in [0.2, 0.25) is 0 Å². The number of hydrogen-bond acceptors (Lipinski definition) is 4. The number of hydrogen-bond donors (Lipinski definition) is 1. The van der Waals surface area contributed by atoms with Crippen LogP contribution in [0.4, 0.5) is 23.4 Å². The lowest BCUT2D eigenvalue weighted by atomic mass is 9.81. The van der Waals surface area contributed by atoms with Crippen LogP contribution in [0.3, 0.4) is 0 Å². The van der Waals surface area contributed by atoms with Crippen LogP contribution in [0.15, 0.2) is 22.7 Å². The van der Waals surface area contributed by atoms with E-state index in [9.17, 15) is 22.4 Å². The van der Waals surface area contributed by atoms with E-state index in [4.69, 9.17) is 4.52 Å². The summed E-state index contributed by atoms with van der Waals surface area (Å²) < 4.78 is 57.8. The van der Waals surface area contributed by atoms with Gasteiger partial charge in [-0.2, -0.15) is 13.2 Å². The second-order valence-electron chi connectivity index (χ2n) is 7.79. The van der Waals surface area contributed by atoms with Gasteiger partial charge < -0.3 is 14.4 Å². The molecule has 0 aliphatic heterocycles. The van der Waals surface area contributed by atoms with E-state index in [-0.39, 0.29) is 30.6 Å². The number of amides is 1. The highest BCUT2D eigenvalue weighted by Crippen LogP contribution is 2.33. The third-order valence-corrected chi connectivity index (χ3v) is 5.36. The van der Waals surface area contributed by atoms with E-state index < -0.39 is 18.0 Å². The van der Waals surface area contributed by atoms with Crippen molar-refractivity contribution in [3.8, 4) is 0 Å².